The second kappa shape index (κ2) is 4.37. The minimum atomic E-state index is -11.9. The number of hydrogen-bond donors (Lipinski definition) is 0. The van der Waals surface area contributed by atoms with Crippen LogP contribution in [0.15, 0.2) is 11.9 Å². The van der Waals surface area contributed by atoms with Crippen LogP contribution >= 0.6 is 10.2 Å². The van der Waals surface area contributed by atoms with Crippen molar-refractivity contribution in [2.45, 2.75) is 30.4 Å². The Morgan fingerprint density at radius 1 is 0.800 bits per heavy atom. The fourth-order valence-corrected chi connectivity index (χ4v) is 1.65. The lowest BCUT2D eigenvalue weighted by Crippen LogP contribution is -2.48. The molecule has 0 saturated carbocycles. The standard InChI is InChI=1S/C7H6F12S/c8-4(5(9)10)2-1-3-6(11,12)7(13,14)20(15,16,17,18)19/h1-3H2. The Morgan fingerprint density at radius 3 is 1.50 bits per heavy atom. The van der Waals surface area contributed by atoms with Gasteiger partial charge in [-0.1, -0.05) is 19.4 Å². The lowest BCUT2D eigenvalue weighted by Gasteiger charge is -2.48. The molecule has 0 atom stereocenters. The molecule has 0 spiro atoms. The fourth-order valence-electron chi connectivity index (χ4n) is 0.988. The largest absolute Gasteiger partial charge is 0.443 e. The highest BCUT2D eigenvalue weighted by atomic mass is 32.5. The van der Waals surface area contributed by atoms with E-state index in [4.69, 9.17) is 0 Å². The van der Waals surface area contributed by atoms with Crippen molar-refractivity contribution in [3.05, 3.63) is 11.9 Å². The van der Waals surface area contributed by atoms with Crippen molar-refractivity contribution in [1.29, 1.82) is 0 Å². The van der Waals surface area contributed by atoms with Crippen LogP contribution in [0.3, 0.4) is 0 Å². The van der Waals surface area contributed by atoms with E-state index < -0.39 is 52.6 Å². The summed E-state index contributed by atoms with van der Waals surface area (Å²) in [7, 11) is -11.9. The van der Waals surface area contributed by atoms with Crippen LogP contribution < -0.4 is 0 Å². The zero-order chi connectivity index (χ0) is 16.7. The predicted molar refractivity (Wildman–Crippen MR) is 47.2 cm³/mol. The van der Waals surface area contributed by atoms with Gasteiger partial charge in [-0.05, 0) is 6.42 Å². The van der Waals surface area contributed by atoms with Crippen molar-refractivity contribution in [1.82, 2.24) is 0 Å². The quantitative estimate of drug-likeness (QED) is 0.464. The zero-order valence-electron chi connectivity index (χ0n) is 9.07. The molecule has 0 saturated heterocycles. The molecule has 0 aliphatic rings. The monoisotopic (exact) mass is 350 g/mol. The van der Waals surface area contributed by atoms with Crippen molar-refractivity contribution in [3.8, 4) is 0 Å². The van der Waals surface area contributed by atoms with E-state index in [0.29, 0.717) is 0 Å². The summed E-state index contributed by atoms with van der Waals surface area (Å²) in [4.78, 5) is 0. The zero-order valence-corrected chi connectivity index (χ0v) is 9.88. The van der Waals surface area contributed by atoms with Crippen molar-refractivity contribution < 1.29 is 50.2 Å². The van der Waals surface area contributed by atoms with Gasteiger partial charge >= 0.3 is 27.5 Å². The molecule has 0 nitrogen and oxygen atoms in total. The van der Waals surface area contributed by atoms with Crippen LogP contribution in [-0.2, 0) is 0 Å². The summed E-state index contributed by atoms with van der Waals surface area (Å²) in [5, 5.41) is -7.64. The van der Waals surface area contributed by atoms with E-state index in [-0.39, 0.29) is 0 Å². The summed E-state index contributed by atoms with van der Waals surface area (Å²) in [6, 6.07) is 0. The first-order chi connectivity index (χ1) is 8.32. The maximum absolute atomic E-state index is 12.6. The van der Waals surface area contributed by atoms with Gasteiger partial charge in [-0.15, -0.1) is 0 Å². The van der Waals surface area contributed by atoms with Gasteiger partial charge in [0.15, 0.2) is 5.83 Å². The molecule has 13 heteroatoms. The third-order valence-corrected chi connectivity index (χ3v) is 3.27. The average Bonchev–Trinajstić information content (AvgIpc) is 2.12. The van der Waals surface area contributed by atoms with Crippen molar-refractivity contribution in [2.75, 3.05) is 0 Å². The highest BCUT2D eigenvalue weighted by Gasteiger charge is 2.90. The van der Waals surface area contributed by atoms with Gasteiger partial charge in [0.1, 0.15) is 0 Å². The third-order valence-electron chi connectivity index (χ3n) is 2.00. The van der Waals surface area contributed by atoms with Crippen LogP contribution in [0.4, 0.5) is 50.2 Å². The molecule has 0 aliphatic heterocycles. The van der Waals surface area contributed by atoms with Gasteiger partial charge in [0.2, 0.25) is 0 Å². The Balaban J connectivity index is 5.14. The van der Waals surface area contributed by atoms with Gasteiger partial charge in [-0.3, -0.25) is 0 Å². The van der Waals surface area contributed by atoms with Gasteiger partial charge in [-0.25, -0.2) is 4.39 Å². The smallest absolute Gasteiger partial charge is 0.206 e. The number of alkyl halides is 4. The maximum atomic E-state index is 12.6. The summed E-state index contributed by atoms with van der Waals surface area (Å²) >= 11 is 0. The molecule has 0 rings (SSSR count). The van der Waals surface area contributed by atoms with E-state index in [0.717, 1.165) is 0 Å². The Kier molecular flexibility index (Phi) is 4.21. The second-order valence-electron chi connectivity index (χ2n) is 3.71. The highest BCUT2D eigenvalue weighted by Crippen LogP contribution is 3.05. The molecule has 20 heavy (non-hydrogen) atoms. The predicted octanol–water partition coefficient (Wildman–Crippen LogP) is 6.76. The summed E-state index contributed by atoms with van der Waals surface area (Å²) < 4.78 is 144. The van der Waals surface area contributed by atoms with Crippen molar-refractivity contribution in [3.63, 3.8) is 0 Å². The molecule has 0 heterocycles. The van der Waals surface area contributed by atoms with Crippen LogP contribution in [0.2, 0.25) is 0 Å². The van der Waals surface area contributed by atoms with Crippen LogP contribution in [0.25, 0.3) is 0 Å². The number of hydrogen-bond acceptors (Lipinski definition) is 0. The molecule has 0 radical (unpaired) electrons. The first kappa shape index (κ1) is 19.2. The van der Waals surface area contributed by atoms with Gasteiger partial charge in [0, 0.05) is 12.8 Å². The molecule has 0 aromatic heterocycles. The molecule has 0 fully saturated rings. The van der Waals surface area contributed by atoms with Crippen molar-refractivity contribution in [2.24, 2.45) is 0 Å². The lowest BCUT2D eigenvalue weighted by atomic mass is 10.1. The molecule has 124 valence electrons. The molecule has 0 N–H and O–H groups in total. The number of allylic oxidation sites excluding steroid dienone is 1. The average molecular weight is 350 g/mol. The summed E-state index contributed by atoms with van der Waals surface area (Å²) in [6.07, 6.45) is -8.73. The minimum absolute atomic E-state index is 1.59. The van der Waals surface area contributed by atoms with Crippen LogP contribution in [0.5, 0.6) is 0 Å². The number of rotatable bonds is 6. The fraction of sp³-hybridized carbons (Fsp3) is 0.714. The Bertz CT molecular complexity index is 398. The normalized spacial score (nSPS) is 17.4. The highest BCUT2D eigenvalue weighted by molar-refractivity contribution is 8.46. The molecule has 0 aromatic rings. The molecule has 0 bridgehead atoms. The van der Waals surface area contributed by atoms with Gasteiger partial charge < -0.3 is 0 Å². The minimum Gasteiger partial charge on any atom is -0.206 e. The van der Waals surface area contributed by atoms with E-state index in [1.54, 1.807) is 0 Å². The molecule has 0 aromatic carbocycles. The third kappa shape index (κ3) is 3.88. The van der Waals surface area contributed by atoms with Gasteiger partial charge in [0.05, 0.1) is 0 Å². The summed E-state index contributed by atoms with van der Waals surface area (Å²) in [5.41, 5.74) is 0. The van der Waals surface area contributed by atoms with Gasteiger partial charge in [-0.2, -0.15) is 26.3 Å². The summed E-state index contributed by atoms with van der Waals surface area (Å²) in [5.74, 6) is -8.57. The lowest BCUT2D eigenvalue weighted by molar-refractivity contribution is -0.178. The van der Waals surface area contributed by atoms with Gasteiger partial charge in [0.25, 0.3) is 0 Å². The van der Waals surface area contributed by atoms with E-state index >= 15 is 0 Å². The van der Waals surface area contributed by atoms with Crippen molar-refractivity contribution >= 4 is 10.2 Å². The second-order valence-corrected chi connectivity index (χ2v) is 6.16. The first-order valence-corrected chi connectivity index (χ1v) is 6.46. The van der Waals surface area contributed by atoms with Crippen LogP contribution in [0.1, 0.15) is 19.3 Å². The molecular formula is C7H6F12S. The molecule has 0 unspecified atom stereocenters. The maximum Gasteiger partial charge on any atom is 0.443 e. The molecular weight excluding hydrogens is 344 g/mol. The SMILES string of the molecule is FC(F)=C(F)CCCC(F)(F)C(F)(F)S(F)(F)(F)(F)F. The van der Waals surface area contributed by atoms with E-state index in [1.807, 2.05) is 0 Å². The topological polar surface area (TPSA) is 0 Å². The Morgan fingerprint density at radius 2 is 1.20 bits per heavy atom. The van der Waals surface area contributed by atoms with E-state index in [9.17, 15) is 50.2 Å². The summed E-state index contributed by atoms with van der Waals surface area (Å²) in [6.45, 7) is 0. The Labute approximate surface area is 104 Å². The molecule has 0 amide bonds. The van der Waals surface area contributed by atoms with E-state index in [1.165, 1.54) is 0 Å². The van der Waals surface area contributed by atoms with Crippen LogP contribution in [0, 0.1) is 0 Å². The Hall–Kier alpha value is -0.750. The number of halogens is 12. The van der Waals surface area contributed by atoms with Crippen LogP contribution in [-0.4, -0.2) is 11.2 Å². The van der Waals surface area contributed by atoms with E-state index in [2.05, 4.69) is 0 Å². The molecule has 0 aliphatic carbocycles. The first-order valence-electron chi connectivity index (χ1n) is 4.51.